The zero-order chi connectivity index (χ0) is 10.3. The Morgan fingerprint density at radius 3 is 2.80 bits per heavy atom. The number of hydrogen-bond acceptors (Lipinski definition) is 2. The second-order valence-corrected chi connectivity index (χ2v) is 5.14. The molecule has 2 fully saturated rings. The number of ether oxygens (including phenoxy) is 1. The Labute approximate surface area is 90.7 Å². The molecule has 0 aromatic heterocycles. The number of hydrogen-bond donors (Lipinski definition) is 0. The van der Waals surface area contributed by atoms with E-state index in [0.29, 0.717) is 24.4 Å². The number of fused-ring (bicyclic) bond motifs is 3. The summed E-state index contributed by atoms with van der Waals surface area (Å²) in [5.41, 5.74) is 0. The molecule has 1 aliphatic heterocycles. The zero-order valence-corrected chi connectivity index (χ0v) is 9.02. The first-order valence-electron chi connectivity index (χ1n) is 6.21. The fourth-order valence-electron chi connectivity index (χ4n) is 3.64. The van der Waals surface area contributed by atoms with Crippen molar-refractivity contribution in [3.8, 4) is 0 Å². The Morgan fingerprint density at radius 1 is 1.07 bits per heavy atom. The van der Waals surface area contributed by atoms with Crippen molar-refractivity contribution in [1.29, 1.82) is 0 Å². The average Bonchev–Trinajstić information content (AvgIpc) is 2.63. The van der Waals surface area contributed by atoms with Crippen LogP contribution in [0, 0.1) is 23.7 Å². The molecule has 0 N–H and O–H groups in total. The second kappa shape index (κ2) is 3.66. The molecule has 82 valence electrons. The van der Waals surface area contributed by atoms with E-state index < -0.39 is 0 Å². The van der Waals surface area contributed by atoms with Crippen molar-refractivity contribution in [2.24, 2.45) is 23.7 Å². The van der Waals surface area contributed by atoms with Crippen LogP contribution in [0.5, 0.6) is 0 Å². The molecule has 0 aromatic rings. The molecule has 0 spiro atoms. The minimum Gasteiger partial charge on any atom is -0.465 e. The van der Waals surface area contributed by atoms with Crippen LogP contribution in [-0.2, 0) is 9.53 Å². The van der Waals surface area contributed by atoms with E-state index in [4.69, 9.17) is 4.74 Å². The van der Waals surface area contributed by atoms with Gasteiger partial charge in [-0.1, -0.05) is 18.6 Å². The highest BCUT2D eigenvalue weighted by molar-refractivity contribution is 5.74. The maximum absolute atomic E-state index is 11.9. The minimum absolute atomic E-state index is 0.0822. The third-order valence-electron chi connectivity index (χ3n) is 4.35. The summed E-state index contributed by atoms with van der Waals surface area (Å²) >= 11 is 0. The van der Waals surface area contributed by atoms with Gasteiger partial charge in [0.25, 0.3) is 0 Å². The van der Waals surface area contributed by atoms with Gasteiger partial charge in [0, 0.05) is 0 Å². The van der Waals surface area contributed by atoms with E-state index in [2.05, 4.69) is 12.2 Å². The smallest absolute Gasteiger partial charge is 0.309 e. The summed E-state index contributed by atoms with van der Waals surface area (Å²) in [7, 11) is 0. The van der Waals surface area contributed by atoms with Gasteiger partial charge in [-0.3, -0.25) is 4.79 Å². The minimum atomic E-state index is 0.0822. The van der Waals surface area contributed by atoms with E-state index in [9.17, 15) is 4.79 Å². The van der Waals surface area contributed by atoms with Crippen molar-refractivity contribution in [3.05, 3.63) is 12.2 Å². The van der Waals surface area contributed by atoms with E-state index in [0.717, 1.165) is 12.8 Å². The topological polar surface area (TPSA) is 26.3 Å². The van der Waals surface area contributed by atoms with Crippen LogP contribution in [0.4, 0.5) is 0 Å². The largest absolute Gasteiger partial charge is 0.465 e. The van der Waals surface area contributed by atoms with Gasteiger partial charge in [-0.2, -0.15) is 0 Å². The average molecular weight is 206 g/mol. The van der Waals surface area contributed by atoms with Crippen molar-refractivity contribution >= 4 is 5.97 Å². The van der Waals surface area contributed by atoms with Gasteiger partial charge in [0.2, 0.25) is 0 Å². The highest BCUT2D eigenvalue weighted by Gasteiger charge is 2.44. The highest BCUT2D eigenvalue weighted by atomic mass is 16.5. The SMILES string of the molecule is O=C1OCCC[C@H]2C=C[C@H]3CCC[C@@H]3[C@@H]12. The second-order valence-electron chi connectivity index (χ2n) is 5.14. The van der Waals surface area contributed by atoms with Gasteiger partial charge < -0.3 is 4.74 Å². The van der Waals surface area contributed by atoms with E-state index in [-0.39, 0.29) is 11.9 Å². The van der Waals surface area contributed by atoms with Crippen LogP contribution in [0.25, 0.3) is 0 Å². The van der Waals surface area contributed by atoms with E-state index in [1.807, 2.05) is 0 Å². The Kier molecular flexibility index (Phi) is 2.30. The molecule has 0 bridgehead atoms. The lowest BCUT2D eigenvalue weighted by Crippen LogP contribution is -2.34. The fraction of sp³-hybridized carbons (Fsp3) is 0.769. The molecule has 0 unspecified atom stereocenters. The van der Waals surface area contributed by atoms with Crippen LogP contribution in [0.1, 0.15) is 32.1 Å². The lowest BCUT2D eigenvalue weighted by Gasteiger charge is -2.33. The fourth-order valence-corrected chi connectivity index (χ4v) is 3.64. The summed E-state index contributed by atoms with van der Waals surface area (Å²) in [4.78, 5) is 11.9. The standard InChI is InChI=1S/C13H18O2/c14-13-12-10(4-2-8-15-13)7-6-9-3-1-5-11(9)12/h6-7,9-12H,1-5,8H2/t9-,10+,11+,12+/m1/s1. The number of carbonyl (C=O) groups excluding carboxylic acids is 1. The molecule has 2 nitrogen and oxygen atoms in total. The lowest BCUT2D eigenvalue weighted by atomic mass is 9.71. The lowest BCUT2D eigenvalue weighted by molar-refractivity contribution is -0.151. The normalized spacial score (nSPS) is 44.1. The van der Waals surface area contributed by atoms with Crippen LogP contribution >= 0.6 is 0 Å². The monoisotopic (exact) mass is 206 g/mol. The first-order chi connectivity index (χ1) is 7.36. The molecule has 3 rings (SSSR count). The van der Waals surface area contributed by atoms with Gasteiger partial charge in [0.15, 0.2) is 0 Å². The summed E-state index contributed by atoms with van der Waals surface area (Å²) in [5.74, 6) is 1.99. The van der Waals surface area contributed by atoms with E-state index in [1.165, 1.54) is 19.3 Å². The zero-order valence-electron chi connectivity index (χ0n) is 9.02. The molecule has 3 aliphatic rings. The molecule has 0 radical (unpaired) electrons. The molecular weight excluding hydrogens is 188 g/mol. The molecule has 2 aliphatic carbocycles. The van der Waals surface area contributed by atoms with Crippen LogP contribution in [-0.4, -0.2) is 12.6 Å². The molecular formula is C13H18O2. The van der Waals surface area contributed by atoms with Gasteiger partial charge >= 0.3 is 5.97 Å². The Morgan fingerprint density at radius 2 is 1.87 bits per heavy atom. The van der Waals surface area contributed by atoms with E-state index in [1.54, 1.807) is 0 Å². The summed E-state index contributed by atoms with van der Waals surface area (Å²) < 4.78 is 5.31. The number of allylic oxidation sites excluding steroid dienone is 2. The van der Waals surface area contributed by atoms with Gasteiger partial charge in [0.05, 0.1) is 12.5 Å². The maximum Gasteiger partial charge on any atom is 0.309 e. The van der Waals surface area contributed by atoms with Gasteiger partial charge in [-0.15, -0.1) is 0 Å². The maximum atomic E-state index is 11.9. The van der Waals surface area contributed by atoms with Gasteiger partial charge in [0.1, 0.15) is 0 Å². The summed E-state index contributed by atoms with van der Waals surface area (Å²) in [6, 6.07) is 0. The third kappa shape index (κ3) is 1.51. The van der Waals surface area contributed by atoms with Crippen LogP contribution < -0.4 is 0 Å². The number of esters is 1. The molecule has 0 amide bonds. The van der Waals surface area contributed by atoms with Crippen molar-refractivity contribution in [3.63, 3.8) is 0 Å². The molecule has 1 heterocycles. The molecule has 15 heavy (non-hydrogen) atoms. The molecule has 1 saturated heterocycles. The number of carbonyl (C=O) groups is 1. The van der Waals surface area contributed by atoms with Crippen LogP contribution in [0.3, 0.4) is 0 Å². The number of rotatable bonds is 0. The highest BCUT2D eigenvalue weighted by Crippen LogP contribution is 2.46. The van der Waals surface area contributed by atoms with Crippen LogP contribution in [0.15, 0.2) is 12.2 Å². The van der Waals surface area contributed by atoms with Crippen LogP contribution in [0.2, 0.25) is 0 Å². The third-order valence-corrected chi connectivity index (χ3v) is 4.35. The first kappa shape index (κ1) is 9.44. The molecule has 0 aromatic carbocycles. The Bertz CT molecular complexity index is 295. The summed E-state index contributed by atoms with van der Waals surface area (Å²) in [5, 5.41) is 0. The summed E-state index contributed by atoms with van der Waals surface area (Å²) in [6.45, 7) is 0.636. The molecule has 4 atom stereocenters. The summed E-state index contributed by atoms with van der Waals surface area (Å²) in [6.07, 6.45) is 10.6. The van der Waals surface area contributed by atoms with Crippen molar-refractivity contribution in [1.82, 2.24) is 0 Å². The first-order valence-corrected chi connectivity index (χ1v) is 6.21. The van der Waals surface area contributed by atoms with Gasteiger partial charge in [-0.25, -0.2) is 0 Å². The predicted octanol–water partition coefficient (Wildman–Crippen LogP) is 2.54. The number of cyclic esters (lactones) is 1. The Balaban J connectivity index is 1.91. The van der Waals surface area contributed by atoms with Crippen molar-refractivity contribution in [2.45, 2.75) is 32.1 Å². The van der Waals surface area contributed by atoms with Gasteiger partial charge in [-0.05, 0) is 43.4 Å². The quantitative estimate of drug-likeness (QED) is 0.449. The van der Waals surface area contributed by atoms with Crippen molar-refractivity contribution < 1.29 is 9.53 Å². The molecule has 2 heteroatoms. The predicted molar refractivity (Wildman–Crippen MR) is 57.1 cm³/mol. The molecule has 1 saturated carbocycles. The Hall–Kier alpha value is -0.790. The van der Waals surface area contributed by atoms with Crippen molar-refractivity contribution in [2.75, 3.05) is 6.61 Å². The van der Waals surface area contributed by atoms with E-state index >= 15 is 0 Å².